The molecule has 3 heteroatoms. The zero-order valence-electron chi connectivity index (χ0n) is 24.9. The summed E-state index contributed by atoms with van der Waals surface area (Å²) in [7, 11) is 0. The van der Waals surface area contributed by atoms with Gasteiger partial charge in [-0.1, -0.05) is 77.7 Å². The van der Waals surface area contributed by atoms with Gasteiger partial charge in [0.05, 0.1) is 0 Å². The topological polar surface area (TPSA) is 35.5 Å². The van der Waals surface area contributed by atoms with Crippen molar-refractivity contribution < 1.29 is 14.3 Å². The van der Waals surface area contributed by atoms with Crippen LogP contribution in [0, 0.1) is 53.3 Å². The van der Waals surface area contributed by atoms with Crippen molar-refractivity contribution in [1.29, 1.82) is 0 Å². The Kier molecular flexibility index (Phi) is 8.05. The van der Waals surface area contributed by atoms with Crippen molar-refractivity contribution in [3.63, 3.8) is 0 Å². The van der Waals surface area contributed by atoms with Gasteiger partial charge in [0.2, 0.25) is 0 Å². The molecule has 0 aromatic heterocycles. The van der Waals surface area contributed by atoms with E-state index in [0.29, 0.717) is 11.2 Å². The fraction of sp³-hybridized carbons (Fsp3) is 0.743. The summed E-state index contributed by atoms with van der Waals surface area (Å²) in [6.07, 6.45) is 16.0. The molecule has 0 saturated heterocycles. The van der Waals surface area contributed by atoms with E-state index in [1.165, 1.54) is 51.4 Å². The maximum Gasteiger partial charge on any atom is 0.514 e. The second-order valence-corrected chi connectivity index (χ2v) is 14.4. The van der Waals surface area contributed by atoms with Crippen molar-refractivity contribution in [3.05, 3.63) is 41.5 Å². The zero-order valence-corrected chi connectivity index (χ0v) is 24.9. The molecule has 0 unspecified atom stereocenters. The molecule has 0 bridgehead atoms. The minimum Gasteiger partial charge on any atom is -0.430 e. The summed E-state index contributed by atoms with van der Waals surface area (Å²) in [4.78, 5) is 12.5. The largest absolute Gasteiger partial charge is 0.514 e. The third-order valence-corrected chi connectivity index (χ3v) is 11.7. The average Bonchev–Trinajstić information content (AvgIpc) is 3.21. The maximum absolute atomic E-state index is 12.5. The van der Waals surface area contributed by atoms with Gasteiger partial charge in [-0.25, -0.2) is 4.79 Å². The first-order valence-electron chi connectivity index (χ1n) is 15.7. The summed E-state index contributed by atoms with van der Waals surface area (Å²) in [5.41, 5.74) is 3.42. The average molecular weight is 521 g/mol. The summed E-state index contributed by atoms with van der Waals surface area (Å²) < 4.78 is 11.3. The van der Waals surface area contributed by atoms with Gasteiger partial charge in [0.15, 0.2) is 0 Å². The van der Waals surface area contributed by atoms with Gasteiger partial charge in [0.1, 0.15) is 11.9 Å². The van der Waals surface area contributed by atoms with Gasteiger partial charge in [-0.05, 0) is 116 Å². The number of carbonyl (C=O) groups is 1. The third kappa shape index (κ3) is 5.33. The molecule has 8 atom stereocenters. The smallest absolute Gasteiger partial charge is 0.430 e. The highest BCUT2D eigenvalue weighted by atomic mass is 16.7. The Bertz CT molecular complexity index is 1030. The minimum atomic E-state index is -0.563. The lowest BCUT2D eigenvalue weighted by Crippen LogP contribution is -2.51. The minimum absolute atomic E-state index is 0.0698. The lowest BCUT2D eigenvalue weighted by atomic mass is 9.47. The predicted molar refractivity (Wildman–Crippen MR) is 155 cm³/mol. The molecule has 1 aromatic carbocycles. The quantitative estimate of drug-likeness (QED) is 0.204. The maximum atomic E-state index is 12.5. The highest BCUT2D eigenvalue weighted by molar-refractivity contribution is 5.64. The van der Waals surface area contributed by atoms with Crippen molar-refractivity contribution in [3.8, 4) is 5.75 Å². The molecule has 0 N–H and O–H groups in total. The number of hydrogen-bond acceptors (Lipinski definition) is 3. The highest BCUT2D eigenvalue weighted by Crippen LogP contribution is 2.67. The van der Waals surface area contributed by atoms with E-state index >= 15 is 0 Å². The first kappa shape index (κ1) is 27.8. The van der Waals surface area contributed by atoms with Crippen molar-refractivity contribution in [2.75, 3.05) is 0 Å². The van der Waals surface area contributed by atoms with E-state index in [1.54, 1.807) is 5.57 Å². The normalized spacial score (nSPS) is 37.0. The molecule has 4 aliphatic carbocycles. The van der Waals surface area contributed by atoms with Gasteiger partial charge < -0.3 is 9.47 Å². The number of benzene rings is 1. The van der Waals surface area contributed by atoms with E-state index in [4.69, 9.17) is 9.47 Å². The van der Waals surface area contributed by atoms with E-state index in [-0.39, 0.29) is 11.5 Å². The van der Waals surface area contributed by atoms with Crippen LogP contribution in [0.1, 0.15) is 111 Å². The van der Waals surface area contributed by atoms with E-state index < -0.39 is 6.16 Å². The van der Waals surface area contributed by atoms with Crippen molar-refractivity contribution in [1.82, 2.24) is 0 Å². The van der Waals surface area contributed by atoms with E-state index in [9.17, 15) is 4.79 Å². The van der Waals surface area contributed by atoms with Gasteiger partial charge >= 0.3 is 6.16 Å². The number of ether oxygens (including phenoxy) is 2. The molecule has 3 saturated carbocycles. The number of carbonyl (C=O) groups excluding carboxylic acids is 1. The standard InChI is InChI=1S/C35H52O3/c1-23(2)9-7-11-25(4)30-15-16-31-29-14-13-26-22-28(38-33(36)37-27-12-8-10-24(3)21-27)17-19-34(26,5)32(29)18-20-35(30,31)6/h8,10,12-13,21,23,25,28-32H,7,9,11,14-20,22H2,1-6H3/t25-,28-,29-,30+,31-,32-,34-,35+/m0/s1. The molecule has 4 aliphatic rings. The Morgan fingerprint density at radius 3 is 2.61 bits per heavy atom. The monoisotopic (exact) mass is 520 g/mol. The number of aryl methyl sites for hydroxylation is 1. The fourth-order valence-electron chi connectivity index (χ4n) is 9.69. The molecule has 38 heavy (non-hydrogen) atoms. The first-order valence-corrected chi connectivity index (χ1v) is 15.7. The number of fused-ring (bicyclic) bond motifs is 5. The fourth-order valence-corrected chi connectivity index (χ4v) is 9.69. The number of hydrogen-bond donors (Lipinski definition) is 0. The molecular formula is C35H52O3. The van der Waals surface area contributed by atoms with Crippen LogP contribution in [0.4, 0.5) is 4.79 Å². The van der Waals surface area contributed by atoms with Gasteiger partial charge in [0, 0.05) is 6.42 Å². The van der Waals surface area contributed by atoms with Crippen molar-refractivity contribution in [2.45, 2.75) is 118 Å². The van der Waals surface area contributed by atoms with Gasteiger partial charge in [-0.15, -0.1) is 0 Å². The van der Waals surface area contributed by atoms with E-state index in [2.05, 4.69) is 40.7 Å². The third-order valence-electron chi connectivity index (χ3n) is 11.7. The Hall–Kier alpha value is -1.77. The van der Waals surface area contributed by atoms with Crippen LogP contribution < -0.4 is 4.74 Å². The Morgan fingerprint density at radius 1 is 1.03 bits per heavy atom. The van der Waals surface area contributed by atoms with Crippen LogP contribution in [0.3, 0.4) is 0 Å². The van der Waals surface area contributed by atoms with Gasteiger partial charge in [-0.3, -0.25) is 0 Å². The molecule has 210 valence electrons. The molecule has 1 aromatic rings. The number of rotatable bonds is 7. The SMILES string of the molecule is Cc1cccc(OC(=O)O[C@H]2CC[C@@]3(C)C(=CC[C@H]4[C@@H]5CC[C@H]([C@@H](C)CCCC(C)C)[C@@]5(C)CC[C@@H]43)C2)c1. The van der Waals surface area contributed by atoms with E-state index in [1.807, 2.05) is 31.2 Å². The lowest BCUT2D eigenvalue weighted by molar-refractivity contribution is -0.0597. The van der Waals surface area contributed by atoms with Crippen molar-refractivity contribution >= 4 is 6.16 Å². The van der Waals surface area contributed by atoms with Crippen LogP contribution in [-0.2, 0) is 4.74 Å². The summed E-state index contributed by atoms with van der Waals surface area (Å²) in [5, 5.41) is 0. The molecule has 0 amide bonds. The van der Waals surface area contributed by atoms with E-state index in [0.717, 1.165) is 60.3 Å². The molecule has 0 aliphatic heterocycles. The highest BCUT2D eigenvalue weighted by Gasteiger charge is 2.59. The van der Waals surface area contributed by atoms with Crippen LogP contribution in [0.25, 0.3) is 0 Å². The second-order valence-electron chi connectivity index (χ2n) is 14.4. The number of allylic oxidation sites excluding steroid dienone is 1. The molecule has 5 rings (SSSR count). The zero-order chi connectivity index (χ0) is 27.1. The first-order chi connectivity index (χ1) is 18.1. The van der Waals surface area contributed by atoms with Crippen LogP contribution in [0.15, 0.2) is 35.9 Å². The van der Waals surface area contributed by atoms with Crippen LogP contribution in [0.5, 0.6) is 5.75 Å². The molecule has 3 fully saturated rings. The Balaban J connectivity index is 1.22. The molecule has 3 nitrogen and oxygen atoms in total. The van der Waals surface area contributed by atoms with Gasteiger partial charge in [-0.2, -0.15) is 0 Å². The molecule has 0 spiro atoms. The van der Waals surface area contributed by atoms with Crippen LogP contribution in [0.2, 0.25) is 0 Å². The van der Waals surface area contributed by atoms with Gasteiger partial charge in [0.25, 0.3) is 0 Å². The van der Waals surface area contributed by atoms with Crippen LogP contribution in [-0.4, -0.2) is 12.3 Å². The van der Waals surface area contributed by atoms with Crippen molar-refractivity contribution in [2.24, 2.45) is 46.3 Å². The Labute approximate surface area is 232 Å². The van der Waals surface area contributed by atoms with Crippen LogP contribution >= 0.6 is 0 Å². The Morgan fingerprint density at radius 2 is 1.84 bits per heavy atom. The summed E-state index contributed by atoms with van der Waals surface area (Å²) in [6, 6.07) is 7.59. The predicted octanol–water partition coefficient (Wildman–Crippen LogP) is 9.92. The summed E-state index contributed by atoms with van der Waals surface area (Å²) in [5.74, 6) is 5.65. The molecular weight excluding hydrogens is 468 g/mol. The molecule has 0 radical (unpaired) electrons. The molecule has 0 heterocycles. The lowest BCUT2D eigenvalue weighted by Gasteiger charge is -2.58. The second kappa shape index (κ2) is 11.0. The summed E-state index contributed by atoms with van der Waals surface area (Å²) >= 11 is 0. The summed E-state index contributed by atoms with van der Waals surface area (Å²) in [6.45, 7) is 14.5.